The Kier molecular flexibility index (Phi) is 6.75. The summed E-state index contributed by atoms with van der Waals surface area (Å²) < 4.78 is 11.9. The fraction of sp³-hybridized carbons (Fsp3) is 0.318. The van der Waals surface area contributed by atoms with Gasteiger partial charge in [0.05, 0.1) is 12.8 Å². The van der Waals surface area contributed by atoms with E-state index in [9.17, 15) is 0 Å². The number of hydrogen-bond donors (Lipinski definition) is 2. The Hall–Kier alpha value is -2.87. The first-order valence-corrected chi connectivity index (χ1v) is 9.99. The maximum atomic E-state index is 6.02. The van der Waals surface area contributed by atoms with Gasteiger partial charge in [-0.2, -0.15) is 0 Å². The van der Waals surface area contributed by atoms with Crippen LogP contribution in [0.25, 0.3) is 0 Å². The molecule has 0 amide bonds. The molecular weight excluding hydrogens is 366 g/mol. The molecule has 2 aliphatic heterocycles. The van der Waals surface area contributed by atoms with Crippen LogP contribution in [0.4, 0.5) is 11.4 Å². The molecule has 0 aliphatic carbocycles. The number of rotatable bonds is 8. The van der Waals surface area contributed by atoms with E-state index in [1.54, 1.807) is 6.20 Å². The predicted octanol–water partition coefficient (Wildman–Crippen LogP) is 2.83. The molecular formula is C22H27N5O2. The summed E-state index contributed by atoms with van der Waals surface area (Å²) in [6.45, 7) is 4.81. The van der Waals surface area contributed by atoms with Crippen LogP contribution in [0.1, 0.15) is 0 Å². The number of nitrogens with zero attached hydrogens (tertiary/aromatic N) is 3. The van der Waals surface area contributed by atoms with Gasteiger partial charge in [0.2, 0.25) is 0 Å². The van der Waals surface area contributed by atoms with E-state index in [1.807, 2.05) is 67.0 Å². The molecule has 0 bridgehead atoms. The van der Waals surface area contributed by atoms with Gasteiger partial charge in [0.1, 0.15) is 12.4 Å². The smallest absolute Gasteiger partial charge is 0.179 e. The largest absolute Gasteiger partial charge is 0.491 e. The molecule has 1 saturated heterocycles. The Labute approximate surface area is 171 Å². The standard InChI is InChI=1S/C22H27N5O2/c1-2-5-19(6-3-1)25-20-7-4-8-21(17-20)28-15-16-29-22-18-24-11-14-27(22)26-12-9-23-10-13-26/h1-8,11,14,17-18,22-23,25H,9-10,12-13,15-16H2. The van der Waals surface area contributed by atoms with Crippen molar-refractivity contribution in [2.45, 2.75) is 6.23 Å². The number of piperazine rings is 1. The molecule has 1 atom stereocenters. The molecule has 1 unspecified atom stereocenters. The Morgan fingerprint density at radius 2 is 1.83 bits per heavy atom. The van der Waals surface area contributed by atoms with Gasteiger partial charge in [0.25, 0.3) is 0 Å². The molecule has 29 heavy (non-hydrogen) atoms. The van der Waals surface area contributed by atoms with Gasteiger partial charge in [-0.05, 0) is 24.3 Å². The van der Waals surface area contributed by atoms with Crippen molar-refractivity contribution in [2.75, 3.05) is 44.7 Å². The van der Waals surface area contributed by atoms with Crippen LogP contribution in [-0.4, -0.2) is 61.9 Å². The van der Waals surface area contributed by atoms with Crippen molar-refractivity contribution in [3.63, 3.8) is 0 Å². The van der Waals surface area contributed by atoms with Crippen molar-refractivity contribution >= 4 is 17.6 Å². The number of ether oxygens (including phenoxy) is 2. The summed E-state index contributed by atoms with van der Waals surface area (Å²) in [7, 11) is 0. The molecule has 2 aromatic carbocycles. The van der Waals surface area contributed by atoms with Gasteiger partial charge < -0.3 is 20.1 Å². The van der Waals surface area contributed by atoms with Crippen molar-refractivity contribution in [3.8, 4) is 5.75 Å². The van der Waals surface area contributed by atoms with Gasteiger partial charge in [0.15, 0.2) is 6.23 Å². The second-order valence-electron chi connectivity index (χ2n) is 6.81. The zero-order valence-corrected chi connectivity index (χ0v) is 16.4. The van der Waals surface area contributed by atoms with E-state index in [0.29, 0.717) is 13.2 Å². The SMILES string of the molecule is C1=CN(N2CCNCC2)C(OCCOc2cccc(Nc3ccccc3)c2)C=N1. The highest BCUT2D eigenvalue weighted by Gasteiger charge is 2.23. The summed E-state index contributed by atoms with van der Waals surface area (Å²) in [5.41, 5.74) is 2.04. The number of para-hydroxylation sites is 1. The molecule has 0 radical (unpaired) electrons. The fourth-order valence-corrected chi connectivity index (χ4v) is 3.32. The number of aliphatic imine (C=N–C) groups is 1. The van der Waals surface area contributed by atoms with Crippen LogP contribution in [0.2, 0.25) is 0 Å². The molecule has 2 N–H and O–H groups in total. The summed E-state index contributed by atoms with van der Waals surface area (Å²) in [6, 6.07) is 18.0. The molecule has 7 heteroatoms. The van der Waals surface area contributed by atoms with Crippen LogP contribution >= 0.6 is 0 Å². The lowest BCUT2D eigenvalue weighted by Gasteiger charge is -2.40. The monoisotopic (exact) mass is 393 g/mol. The molecule has 4 rings (SSSR count). The minimum absolute atomic E-state index is 0.201. The van der Waals surface area contributed by atoms with Crippen molar-refractivity contribution < 1.29 is 9.47 Å². The molecule has 0 spiro atoms. The van der Waals surface area contributed by atoms with E-state index in [-0.39, 0.29) is 6.23 Å². The zero-order valence-electron chi connectivity index (χ0n) is 16.4. The van der Waals surface area contributed by atoms with Crippen LogP contribution in [0.3, 0.4) is 0 Å². The van der Waals surface area contributed by atoms with E-state index in [0.717, 1.165) is 43.3 Å². The Morgan fingerprint density at radius 3 is 2.69 bits per heavy atom. The highest BCUT2D eigenvalue weighted by molar-refractivity contribution is 5.64. The summed E-state index contributed by atoms with van der Waals surface area (Å²) in [5.74, 6) is 0.811. The minimum Gasteiger partial charge on any atom is -0.491 e. The van der Waals surface area contributed by atoms with Gasteiger partial charge in [0, 0.05) is 56.0 Å². The van der Waals surface area contributed by atoms with Gasteiger partial charge in [-0.25, -0.2) is 5.01 Å². The Bertz CT molecular complexity index is 821. The summed E-state index contributed by atoms with van der Waals surface area (Å²) in [6.07, 6.45) is 5.39. The average Bonchev–Trinajstić information content (AvgIpc) is 2.79. The third-order valence-corrected chi connectivity index (χ3v) is 4.74. The van der Waals surface area contributed by atoms with Crippen molar-refractivity contribution in [2.24, 2.45) is 4.99 Å². The van der Waals surface area contributed by atoms with E-state index in [1.165, 1.54) is 0 Å². The quantitative estimate of drug-likeness (QED) is 0.673. The van der Waals surface area contributed by atoms with E-state index in [4.69, 9.17) is 9.47 Å². The molecule has 2 aliphatic rings. The van der Waals surface area contributed by atoms with Crippen LogP contribution in [-0.2, 0) is 4.74 Å². The Morgan fingerprint density at radius 1 is 1.00 bits per heavy atom. The van der Waals surface area contributed by atoms with Crippen molar-refractivity contribution in [3.05, 3.63) is 67.0 Å². The molecule has 7 nitrogen and oxygen atoms in total. The van der Waals surface area contributed by atoms with E-state index >= 15 is 0 Å². The highest BCUT2D eigenvalue weighted by Crippen LogP contribution is 2.21. The van der Waals surface area contributed by atoms with E-state index < -0.39 is 0 Å². The first-order valence-electron chi connectivity index (χ1n) is 9.99. The minimum atomic E-state index is -0.201. The van der Waals surface area contributed by atoms with E-state index in [2.05, 4.69) is 25.6 Å². The number of hydrogen-bond acceptors (Lipinski definition) is 7. The summed E-state index contributed by atoms with van der Waals surface area (Å²) in [4.78, 5) is 4.23. The maximum Gasteiger partial charge on any atom is 0.179 e. The van der Waals surface area contributed by atoms with Gasteiger partial charge >= 0.3 is 0 Å². The number of benzene rings is 2. The number of anilines is 2. The number of nitrogens with one attached hydrogen (secondary N) is 2. The van der Waals surface area contributed by atoms with Crippen LogP contribution in [0, 0.1) is 0 Å². The second-order valence-corrected chi connectivity index (χ2v) is 6.81. The molecule has 0 aromatic heterocycles. The lowest BCUT2D eigenvalue weighted by Crippen LogP contribution is -2.55. The van der Waals surface area contributed by atoms with Crippen LogP contribution in [0.15, 0.2) is 72.0 Å². The van der Waals surface area contributed by atoms with Crippen molar-refractivity contribution in [1.29, 1.82) is 0 Å². The topological polar surface area (TPSA) is 61.4 Å². The fourth-order valence-electron chi connectivity index (χ4n) is 3.32. The van der Waals surface area contributed by atoms with Gasteiger partial charge in [-0.3, -0.25) is 10.0 Å². The molecule has 2 heterocycles. The summed E-state index contributed by atoms with van der Waals surface area (Å²) >= 11 is 0. The molecule has 0 saturated carbocycles. The zero-order chi connectivity index (χ0) is 19.7. The molecule has 2 aromatic rings. The second kappa shape index (κ2) is 10.1. The lowest BCUT2D eigenvalue weighted by atomic mass is 10.2. The third kappa shape index (κ3) is 5.57. The predicted molar refractivity (Wildman–Crippen MR) is 115 cm³/mol. The first-order chi connectivity index (χ1) is 14.4. The normalized spacial score (nSPS) is 19.3. The molecule has 152 valence electrons. The highest BCUT2D eigenvalue weighted by atomic mass is 16.5. The Balaban J connectivity index is 1.25. The molecule has 1 fully saturated rings. The van der Waals surface area contributed by atoms with Crippen LogP contribution < -0.4 is 15.4 Å². The first kappa shape index (κ1) is 19.4. The maximum absolute atomic E-state index is 6.02. The lowest BCUT2D eigenvalue weighted by molar-refractivity contribution is -0.110. The third-order valence-electron chi connectivity index (χ3n) is 4.74. The summed E-state index contributed by atoms with van der Waals surface area (Å²) in [5, 5.41) is 11.1. The number of hydrazine groups is 1. The van der Waals surface area contributed by atoms with Gasteiger partial charge in [-0.1, -0.05) is 24.3 Å². The van der Waals surface area contributed by atoms with Crippen LogP contribution in [0.5, 0.6) is 5.75 Å². The van der Waals surface area contributed by atoms with Gasteiger partial charge in [-0.15, -0.1) is 0 Å². The average molecular weight is 393 g/mol. The van der Waals surface area contributed by atoms with Crippen molar-refractivity contribution in [1.82, 2.24) is 15.3 Å².